The Hall–Kier alpha value is -1.38. The highest BCUT2D eigenvalue weighted by molar-refractivity contribution is 7.89. The van der Waals surface area contributed by atoms with Gasteiger partial charge in [-0.3, -0.25) is 0 Å². The highest BCUT2D eigenvalue weighted by atomic mass is 32.2. The minimum Gasteiger partial charge on any atom is -0.492 e. The predicted octanol–water partition coefficient (Wildman–Crippen LogP) is 1.51. The fourth-order valence-corrected chi connectivity index (χ4v) is 3.00. The first-order chi connectivity index (χ1) is 9.63. The molecular formula is C13H21FN2O4S. The zero-order valence-electron chi connectivity index (χ0n) is 12.6. The molecule has 120 valence electrons. The summed E-state index contributed by atoms with van der Waals surface area (Å²) in [5.41, 5.74) is 4.83. The number of nitrogens with two attached hydrogens (primary N) is 1. The lowest BCUT2D eigenvalue weighted by molar-refractivity contribution is -0.00515. The number of benzene rings is 1. The Bertz CT molecular complexity index is 579. The van der Waals surface area contributed by atoms with Gasteiger partial charge in [-0.05, 0) is 32.9 Å². The molecule has 0 radical (unpaired) electrons. The van der Waals surface area contributed by atoms with Crippen LogP contribution in [0.15, 0.2) is 17.0 Å². The average molecular weight is 320 g/mol. The van der Waals surface area contributed by atoms with Crippen molar-refractivity contribution in [2.24, 2.45) is 0 Å². The van der Waals surface area contributed by atoms with Crippen LogP contribution in [-0.4, -0.2) is 34.3 Å². The molecular weight excluding hydrogens is 299 g/mol. The van der Waals surface area contributed by atoms with Crippen molar-refractivity contribution in [3.8, 4) is 5.75 Å². The fraction of sp³-hybridized carbons (Fsp3) is 0.538. The van der Waals surface area contributed by atoms with Crippen molar-refractivity contribution in [1.29, 1.82) is 0 Å². The van der Waals surface area contributed by atoms with Crippen LogP contribution in [0.4, 0.5) is 10.1 Å². The van der Waals surface area contributed by atoms with Crippen molar-refractivity contribution in [3.05, 3.63) is 17.9 Å². The van der Waals surface area contributed by atoms with Gasteiger partial charge in [0.25, 0.3) is 0 Å². The Kier molecular flexibility index (Phi) is 5.54. The predicted molar refractivity (Wildman–Crippen MR) is 78.3 cm³/mol. The molecule has 0 aliphatic heterocycles. The van der Waals surface area contributed by atoms with Gasteiger partial charge in [-0.15, -0.1) is 0 Å². The highest BCUT2D eigenvalue weighted by Crippen LogP contribution is 2.28. The van der Waals surface area contributed by atoms with Crippen molar-refractivity contribution in [2.45, 2.75) is 31.3 Å². The quantitative estimate of drug-likeness (QED) is 0.743. The van der Waals surface area contributed by atoms with Crippen LogP contribution >= 0.6 is 0 Å². The van der Waals surface area contributed by atoms with Crippen molar-refractivity contribution in [2.75, 3.05) is 26.0 Å². The van der Waals surface area contributed by atoms with Crippen LogP contribution in [0.3, 0.4) is 0 Å². The van der Waals surface area contributed by atoms with Crippen LogP contribution < -0.4 is 15.2 Å². The summed E-state index contributed by atoms with van der Waals surface area (Å²) >= 11 is 0. The third-order valence-electron chi connectivity index (χ3n) is 2.78. The second kappa shape index (κ2) is 6.59. The van der Waals surface area contributed by atoms with Crippen LogP contribution in [0.1, 0.15) is 20.8 Å². The number of anilines is 1. The average Bonchev–Trinajstić information content (AvgIpc) is 2.36. The maximum Gasteiger partial charge on any atom is 0.240 e. The SMILES string of the molecule is CCOC(C)(C)CNS(=O)(=O)c1cc(N)c(OC)c(F)c1. The van der Waals surface area contributed by atoms with Crippen LogP contribution in [0, 0.1) is 5.82 Å². The van der Waals surface area contributed by atoms with Crippen molar-refractivity contribution in [1.82, 2.24) is 4.72 Å². The molecule has 0 amide bonds. The smallest absolute Gasteiger partial charge is 0.240 e. The van der Waals surface area contributed by atoms with E-state index in [-0.39, 0.29) is 22.9 Å². The molecule has 1 aromatic carbocycles. The zero-order chi connectivity index (χ0) is 16.3. The van der Waals surface area contributed by atoms with Crippen LogP contribution in [0.25, 0.3) is 0 Å². The van der Waals surface area contributed by atoms with Gasteiger partial charge in [0.05, 0.1) is 23.3 Å². The summed E-state index contributed by atoms with van der Waals surface area (Å²) in [6.45, 7) is 5.83. The molecule has 6 nitrogen and oxygen atoms in total. The van der Waals surface area contributed by atoms with Gasteiger partial charge in [-0.25, -0.2) is 17.5 Å². The molecule has 8 heteroatoms. The number of ether oxygens (including phenoxy) is 2. The summed E-state index contributed by atoms with van der Waals surface area (Å²) in [5, 5.41) is 0. The summed E-state index contributed by atoms with van der Waals surface area (Å²) in [7, 11) is -2.63. The summed E-state index contributed by atoms with van der Waals surface area (Å²) in [4.78, 5) is -0.259. The van der Waals surface area contributed by atoms with Gasteiger partial charge in [0.15, 0.2) is 11.6 Å². The van der Waals surface area contributed by atoms with E-state index in [1.54, 1.807) is 13.8 Å². The molecule has 0 bridgehead atoms. The van der Waals surface area contributed by atoms with Crippen LogP contribution in [0.2, 0.25) is 0 Å². The minimum atomic E-state index is -3.89. The van der Waals surface area contributed by atoms with E-state index < -0.39 is 21.4 Å². The summed E-state index contributed by atoms with van der Waals surface area (Å²) in [6.07, 6.45) is 0. The molecule has 1 aromatic rings. The van der Waals surface area contributed by atoms with Gasteiger partial charge in [0, 0.05) is 13.2 Å². The van der Waals surface area contributed by atoms with Gasteiger partial charge in [0.2, 0.25) is 10.0 Å². The monoisotopic (exact) mass is 320 g/mol. The molecule has 0 saturated heterocycles. The van der Waals surface area contributed by atoms with Gasteiger partial charge >= 0.3 is 0 Å². The number of rotatable bonds is 7. The number of methoxy groups -OCH3 is 1. The largest absolute Gasteiger partial charge is 0.492 e. The van der Waals surface area contributed by atoms with E-state index in [0.717, 1.165) is 12.1 Å². The Morgan fingerprint density at radius 1 is 1.38 bits per heavy atom. The topological polar surface area (TPSA) is 90.7 Å². The van der Waals surface area contributed by atoms with E-state index in [2.05, 4.69) is 4.72 Å². The van der Waals surface area contributed by atoms with E-state index in [4.69, 9.17) is 15.2 Å². The molecule has 0 aromatic heterocycles. The number of halogens is 1. The highest BCUT2D eigenvalue weighted by Gasteiger charge is 2.24. The van der Waals surface area contributed by atoms with E-state index in [1.807, 2.05) is 6.92 Å². The molecule has 0 spiro atoms. The third-order valence-corrected chi connectivity index (χ3v) is 4.16. The Balaban J connectivity index is 2.99. The lowest BCUT2D eigenvalue weighted by atomic mass is 10.1. The summed E-state index contributed by atoms with van der Waals surface area (Å²) in [5.74, 6) is -1.01. The van der Waals surface area contributed by atoms with Crippen LogP contribution in [0.5, 0.6) is 5.75 Å². The first kappa shape index (κ1) is 17.7. The lowest BCUT2D eigenvalue weighted by Crippen LogP contribution is -2.40. The normalized spacial score (nSPS) is 12.4. The zero-order valence-corrected chi connectivity index (χ0v) is 13.4. The first-order valence-corrected chi connectivity index (χ1v) is 7.88. The number of sulfonamides is 1. The minimum absolute atomic E-state index is 0.0523. The molecule has 0 aliphatic carbocycles. The fourth-order valence-electron chi connectivity index (χ4n) is 1.75. The maximum atomic E-state index is 13.7. The molecule has 0 saturated carbocycles. The van der Waals surface area contributed by atoms with E-state index in [9.17, 15) is 12.8 Å². The molecule has 0 fully saturated rings. The second-order valence-corrected chi connectivity index (χ2v) is 6.81. The van der Waals surface area contributed by atoms with Gasteiger partial charge in [-0.1, -0.05) is 0 Å². The molecule has 3 N–H and O–H groups in total. The first-order valence-electron chi connectivity index (χ1n) is 6.39. The number of hydrogen-bond acceptors (Lipinski definition) is 5. The van der Waals surface area contributed by atoms with Crippen molar-refractivity contribution < 1.29 is 22.3 Å². The van der Waals surface area contributed by atoms with Gasteiger partial charge < -0.3 is 15.2 Å². The summed E-state index contributed by atoms with van der Waals surface area (Å²) in [6, 6.07) is 2.02. The van der Waals surface area contributed by atoms with Gasteiger partial charge in [-0.2, -0.15) is 0 Å². The number of nitrogens with one attached hydrogen (secondary N) is 1. The van der Waals surface area contributed by atoms with Crippen molar-refractivity contribution in [3.63, 3.8) is 0 Å². The van der Waals surface area contributed by atoms with Crippen molar-refractivity contribution >= 4 is 15.7 Å². The van der Waals surface area contributed by atoms with E-state index in [0.29, 0.717) is 6.61 Å². The van der Waals surface area contributed by atoms with E-state index >= 15 is 0 Å². The third kappa shape index (κ3) is 4.55. The maximum absolute atomic E-state index is 13.7. The molecule has 1 rings (SSSR count). The van der Waals surface area contributed by atoms with Gasteiger partial charge in [0.1, 0.15) is 0 Å². The second-order valence-electron chi connectivity index (χ2n) is 5.04. The molecule has 21 heavy (non-hydrogen) atoms. The lowest BCUT2D eigenvalue weighted by Gasteiger charge is -2.24. The standard InChI is InChI=1S/C13H21FN2O4S/c1-5-20-13(2,3)8-16-21(17,18)9-6-10(14)12(19-4)11(15)7-9/h6-7,16H,5,8,15H2,1-4H3. The Morgan fingerprint density at radius 2 is 2.00 bits per heavy atom. The molecule has 0 atom stereocenters. The number of hydrogen-bond donors (Lipinski definition) is 2. The van der Waals surface area contributed by atoms with E-state index in [1.165, 1.54) is 7.11 Å². The Labute approximate surface area is 124 Å². The molecule has 0 heterocycles. The Morgan fingerprint density at radius 3 is 2.48 bits per heavy atom. The molecule has 0 aliphatic rings. The molecule has 0 unspecified atom stereocenters. The summed E-state index contributed by atoms with van der Waals surface area (Å²) < 4.78 is 50.6. The number of nitrogen functional groups attached to an aromatic ring is 1. The van der Waals surface area contributed by atoms with Crippen LogP contribution in [-0.2, 0) is 14.8 Å².